The maximum atomic E-state index is 6.14. The molecule has 0 aliphatic heterocycles. The number of halogens is 1. The molecule has 2 nitrogen and oxygen atoms in total. The second-order valence-electron chi connectivity index (χ2n) is 3.75. The highest BCUT2D eigenvalue weighted by Gasteiger charge is 2.14. The van der Waals surface area contributed by atoms with Gasteiger partial charge in [-0.2, -0.15) is 0 Å². The first-order valence-electron chi connectivity index (χ1n) is 4.92. The zero-order valence-electron chi connectivity index (χ0n) is 8.95. The first-order chi connectivity index (χ1) is 7.61. The van der Waals surface area contributed by atoms with Gasteiger partial charge < -0.3 is 4.98 Å². The molecule has 0 aromatic carbocycles. The minimum absolute atomic E-state index is 0.325. The second kappa shape index (κ2) is 4.65. The number of hydrogen-bond acceptors (Lipinski definition) is 3. The van der Waals surface area contributed by atoms with Crippen LogP contribution in [0.1, 0.15) is 25.3 Å². The lowest BCUT2D eigenvalue weighted by Crippen LogP contribution is -1.97. The van der Waals surface area contributed by atoms with Crippen molar-refractivity contribution >= 4 is 35.2 Å². The van der Waals surface area contributed by atoms with Crippen LogP contribution < -0.4 is 0 Å². The molecule has 84 valence electrons. The van der Waals surface area contributed by atoms with Gasteiger partial charge >= 0.3 is 0 Å². The van der Waals surface area contributed by atoms with Crippen molar-refractivity contribution in [1.82, 2.24) is 9.97 Å². The van der Waals surface area contributed by atoms with E-state index in [0.717, 1.165) is 21.2 Å². The quantitative estimate of drug-likeness (QED) is 0.805. The lowest BCUT2D eigenvalue weighted by atomic mass is 10.0. The molecule has 0 spiro atoms. The molecule has 16 heavy (non-hydrogen) atoms. The van der Waals surface area contributed by atoms with Gasteiger partial charge in [-0.3, -0.25) is 0 Å². The van der Waals surface area contributed by atoms with Crippen LogP contribution in [0.25, 0.3) is 10.6 Å². The molecular formula is C11H11ClN2S2. The van der Waals surface area contributed by atoms with E-state index < -0.39 is 0 Å². The maximum Gasteiger partial charge on any atom is 0.133 e. The number of rotatable bonds is 2. The smallest absolute Gasteiger partial charge is 0.133 e. The average Bonchev–Trinajstić information content (AvgIpc) is 2.63. The number of nitrogens with zero attached hydrogens (tertiary/aromatic N) is 1. The molecule has 0 saturated heterocycles. The monoisotopic (exact) mass is 270 g/mol. The molecule has 0 radical (unpaired) electrons. The first-order valence-corrected chi connectivity index (χ1v) is 6.58. The summed E-state index contributed by atoms with van der Waals surface area (Å²) in [6.07, 6.45) is 1.62. The Morgan fingerprint density at radius 2 is 2.25 bits per heavy atom. The number of H-pyrrole nitrogens is 1. The fourth-order valence-electron chi connectivity index (χ4n) is 1.61. The molecule has 0 aliphatic carbocycles. The van der Waals surface area contributed by atoms with Gasteiger partial charge in [0.2, 0.25) is 0 Å². The molecule has 2 aromatic heterocycles. The highest BCUT2D eigenvalue weighted by atomic mass is 35.5. The van der Waals surface area contributed by atoms with Crippen LogP contribution in [0.5, 0.6) is 0 Å². The summed E-state index contributed by atoms with van der Waals surface area (Å²) in [4.78, 5) is 8.30. The first kappa shape index (κ1) is 11.8. The zero-order chi connectivity index (χ0) is 11.7. The number of hydrogen-bond donors (Lipinski definition) is 1. The third-order valence-electron chi connectivity index (χ3n) is 2.31. The molecule has 0 unspecified atom stereocenters. The van der Waals surface area contributed by atoms with Gasteiger partial charge in [0.25, 0.3) is 0 Å². The number of thiophene rings is 1. The molecule has 0 bridgehead atoms. The molecule has 2 rings (SSSR count). The van der Waals surface area contributed by atoms with Crippen LogP contribution in [0.4, 0.5) is 0 Å². The molecule has 0 amide bonds. The van der Waals surface area contributed by atoms with E-state index in [4.69, 9.17) is 23.8 Å². The predicted molar refractivity (Wildman–Crippen MR) is 71.8 cm³/mol. The predicted octanol–water partition coefficient (Wildman–Crippen LogP) is 4.64. The molecule has 5 heteroatoms. The van der Waals surface area contributed by atoms with Crippen molar-refractivity contribution in [1.29, 1.82) is 0 Å². The van der Waals surface area contributed by atoms with E-state index >= 15 is 0 Å². The van der Waals surface area contributed by atoms with Crippen molar-refractivity contribution in [3.8, 4) is 10.6 Å². The molecule has 2 aromatic rings. The van der Waals surface area contributed by atoms with Crippen LogP contribution in [0.3, 0.4) is 0 Å². The minimum Gasteiger partial charge on any atom is -0.345 e. The van der Waals surface area contributed by atoms with Gasteiger partial charge in [0, 0.05) is 5.56 Å². The highest BCUT2D eigenvalue weighted by molar-refractivity contribution is 7.71. The molecule has 0 aliphatic rings. The number of aromatic amines is 1. The Balaban J connectivity index is 2.71. The average molecular weight is 271 g/mol. The topological polar surface area (TPSA) is 28.7 Å². The Morgan fingerprint density at radius 3 is 2.81 bits per heavy atom. The number of aromatic nitrogens is 2. The van der Waals surface area contributed by atoms with Crippen LogP contribution >= 0.6 is 35.2 Å². The summed E-state index contributed by atoms with van der Waals surface area (Å²) in [5.41, 5.74) is 2.05. The normalized spacial score (nSPS) is 11.0. The van der Waals surface area contributed by atoms with Gasteiger partial charge in [-0.1, -0.05) is 37.7 Å². The third kappa shape index (κ3) is 2.05. The Bertz CT molecular complexity index is 557. The van der Waals surface area contributed by atoms with Crippen LogP contribution in [0, 0.1) is 4.64 Å². The molecule has 1 N–H and O–H groups in total. The van der Waals surface area contributed by atoms with Gasteiger partial charge in [-0.25, -0.2) is 4.98 Å². The van der Waals surface area contributed by atoms with Crippen molar-refractivity contribution in [3.63, 3.8) is 0 Å². The van der Waals surface area contributed by atoms with E-state index in [1.165, 1.54) is 0 Å². The van der Waals surface area contributed by atoms with Gasteiger partial charge in [0.15, 0.2) is 0 Å². The molecule has 0 atom stereocenters. The summed E-state index contributed by atoms with van der Waals surface area (Å²) in [6, 6.07) is 1.89. The van der Waals surface area contributed by atoms with E-state index in [2.05, 4.69) is 23.8 Å². The zero-order valence-corrected chi connectivity index (χ0v) is 11.3. The lowest BCUT2D eigenvalue weighted by Gasteiger charge is -2.11. The second-order valence-corrected chi connectivity index (χ2v) is 5.46. The van der Waals surface area contributed by atoms with Crippen molar-refractivity contribution in [3.05, 3.63) is 33.0 Å². The van der Waals surface area contributed by atoms with E-state index in [1.807, 2.05) is 11.4 Å². The summed E-state index contributed by atoms with van der Waals surface area (Å²) < 4.78 is 0.646. The molecule has 0 fully saturated rings. The van der Waals surface area contributed by atoms with Gasteiger partial charge in [-0.05, 0) is 17.4 Å². The summed E-state index contributed by atoms with van der Waals surface area (Å²) >= 11 is 13.0. The summed E-state index contributed by atoms with van der Waals surface area (Å²) in [5.74, 6) is 0.325. The van der Waals surface area contributed by atoms with Crippen molar-refractivity contribution in [2.24, 2.45) is 0 Å². The summed E-state index contributed by atoms with van der Waals surface area (Å²) in [6.45, 7) is 4.21. The maximum absolute atomic E-state index is 6.14. The largest absolute Gasteiger partial charge is 0.345 e. The highest BCUT2D eigenvalue weighted by Crippen LogP contribution is 2.36. The standard InChI is InChI=1S/C11H11ClN2S2/c1-6(2)8-9(13-5-14-11(8)15)10-7(12)3-4-16-10/h3-6H,1-2H3,(H,13,14,15). The minimum atomic E-state index is 0.325. The van der Waals surface area contributed by atoms with Crippen LogP contribution in [0.15, 0.2) is 17.8 Å². The van der Waals surface area contributed by atoms with E-state index in [9.17, 15) is 0 Å². The third-order valence-corrected chi connectivity index (χ3v) is 4.00. The van der Waals surface area contributed by atoms with Crippen molar-refractivity contribution < 1.29 is 0 Å². The van der Waals surface area contributed by atoms with Crippen LogP contribution in [-0.4, -0.2) is 9.97 Å². The summed E-state index contributed by atoms with van der Waals surface area (Å²) in [7, 11) is 0. The SMILES string of the molecule is CC(C)c1c(-c2sccc2Cl)[nH]cnc1=S. The van der Waals surface area contributed by atoms with E-state index in [1.54, 1.807) is 17.7 Å². The fourth-order valence-corrected chi connectivity index (χ4v) is 3.17. The Hall–Kier alpha value is -0.710. The van der Waals surface area contributed by atoms with Crippen molar-refractivity contribution in [2.45, 2.75) is 19.8 Å². The van der Waals surface area contributed by atoms with Gasteiger partial charge in [0.1, 0.15) is 4.64 Å². The van der Waals surface area contributed by atoms with Gasteiger partial charge in [-0.15, -0.1) is 11.3 Å². The summed E-state index contributed by atoms with van der Waals surface area (Å²) in [5, 5.41) is 2.72. The van der Waals surface area contributed by atoms with Crippen molar-refractivity contribution in [2.75, 3.05) is 0 Å². The van der Waals surface area contributed by atoms with Gasteiger partial charge in [0.05, 0.1) is 21.9 Å². The van der Waals surface area contributed by atoms with Crippen LogP contribution in [0.2, 0.25) is 5.02 Å². The molecular weight excluding hydrogens is 260 g/mol. The molecule has 0 saturated carbocycles. The van der Waals surface area contributed by atoms with Crippen LogP contribution in [-0.2, 0) is 0 Å². The Kier molecular flexibility index (Phi) is 3.42. The Morgan fingerprint density at radius 1 is 1.50 bits per heavy atom. The fraction of sp³-hybridized carbons (Fsp3) is 0.273. The van der Waals surface area contributed by atoms with E-state index in [0.29, 0.717) is 10.6 Å². The lowest BCUT2D eigenvalue weighted by molar-refractivity contribution is 0.844. The Labute approximate surface area is 108 Å². The van der Waals surface area contributed by atoms with E-state index in [-0.39, 0.29) is 0 Å². The number of nitrogens with one attached hydrogen (secondary N) is 1. The molecule has 2 heterocycles.